The quantitative estimate of drug-likeness (QED) is 0.113. The molecule has 2 unspecified atom stereocenters. The number of hydrogen-bond acceptors (Lipinski definition) is 2. The largest absolute Gasteiger partial charge is 0.337 e. The van der Waals surface area contributed by atoms with Crippen molar-refractivity contribution >= 4 is 98.7 Å². The minimum absolute atomic E-state index is 0.221. The summed E-state index contributed by atoms with van der Waals surface area (Å²) in [5, 5.41) is 13.2. The third kappa shape index (κ3) is 8.75. The first kappa shape index (κ1) is 54.3. The van der Waals surface area contributed by atoms with Gasteiger partial charge in [0.2, 0.25) is 0 Å². The van der Waals surface area contributed by atoms with Gasteiger partial charge in [-0.05, 0) is 201 Å². The van der Waals surface area contributed by atoms with Crippen molar-refractivity contribution in [3.8, 4) is 11.4 Å². The Balaban J connectivity index is 0.954. The van der Waals surface area contributed by atoms with Gasteiger partial charge in [0.15, 0.2) is 0 Å². The molecule has 0 fully saturated rings. The third-order valence-electron chi connectivity index (χ3n) is 20.6. The predicted octanol–water partition coefficient (Wildman–Crippen LogP) is 22.7. The second-order valence-corrected chi connectivity index (χ2v) is 27.0. The molecule has 2 heterocycles. The lowest BCUT2D eigenvalue weighted by atomic mass is 9.82. The van der Waals surface area contributed by atoms with Gasteiger partial charge in [0.1, 0.15) is 0 Å². The number of rotatable bonds is 12. The molecule has 2 atom stereocenters. The van der Waals surface area contributed by atoms with Crippen LogP contribution < -0.4 is 9.80 Å². The average molecular weight is 1140 g/mol. The number of nitrogens with zero attached hydrogens (tertiary/aromatic N) is 4. The molecule has 2 aliphatic carbocycles. The van der Waals surface area contributed by atoms with Crippen LogP contribution in [0.4, 0.5) is 22.7 Å². The topological polar surface area (TPSA) is 16.3 Å². The van der Waals surface area contributed by atoms with Gasteiger partial charge in [-0.15, -0.1) is 0 Å². The first-order valence-corrected chi connectivity index (χ1v) is 32.7. The fourth-order valence-corrected chi connectivity index (χ4v) is 16.0. The van der Waals surface area contributed by atoms with Crippen molar-refractivity contribution in [2.75, 3.05) is 9.80 Å². The van der Waals surface area contributed by atoms with Crippen molar-refractivity contribution in [3.05, 3.63) is 263 Å². The van der Waals surface area contributed by atoms with E-state index in [-0.39, 0.29) is 23.9 Å². The van der Waals surface area contributed by atoms with Crippen molar-refractivity contribution in [2.24, 2.45) is 0 Å². The van der Waals surface area contributed by atoms with Crippen LogP contribution in [-0.2, 0) is 25.7 Å². The molecule has 0 saturated heterocycles. The van der Waals surface area contributed by atoms with E-state index in [9.17, 15) is 0 Å². The molecule has 88 heavy (non-hydrogen) atoms. The minimum Gasteiger partial charge on any atom is -0.337 e. The lowest BCUT2D eigenvalue weighted by Crippen LogP contribution is -2.36. The number of anilines is 4. The van der Waals surface area contributed by atoms with Crippen LogP contribution in [0.1, 0.15) is 136 Å². The predicted molar refractivity (Wildman–Crippen MR) is 377 cm³/mol. The van der Waals surface area contributed by atoms with Crippen molar-refractivity contribution < 1.29 is 0 Å². The lowest BCUT2D eigenvalue weighted by molar-refractivity contribution is 0.564. The molecule has 0 bridgehead atoms. The van der Waals surface area contributed by atoms with Gasteiger partial charge in [-0.1, -0.05) is 201 Å². The summed E-state index contributed by atoms with van der Waals surface area (Å²) < 4.78 is 5.03. The Hall–Kier alpha value is -9.12. The summed E-state index contributed by atoms with van der Waals surface area (Å²) in [4.78, 5) is 5.61. The third-order valence-corrected chi connectivity index (χ3v) is 20.6. The molecule has 16 rings (SSSR count). The van der Waals surface area contributed by atoms with Crippen LogP contribution in [0.5, 0.6) is 0 Å². The second-order valence-electron chi connectivity index (χ2n) is 27.0. The van der Waals surface area contributed by atoms with E-state index in [0.717, 1.165) is 38.5 Å². The Morgan fingerprint density at radius 3 is 1.07 bits per heavy atom. The van der Waals surface area contributed by atoms with Gasteiger partial charge in [0, 0.05) is 78.5 Å². The monoisotopic (exact) mass is 1140 g/mol. The second kappa shape index (κ2) is 21.3. The van der Waals surface area contributed by atoms with Crippen molar-refractivity contribution in [1.29, 1.82) is 0 Å². The number of aromatic nitrogens is 2. The number of fused-ring (bicyclic) bond motifs is 8. The van der Waals surface area contributed by atoms with Crippen LogP contribution in [0.15, 0.2) is 218 Å². The Bertz CT molecular complexity index is 4690. The zero-order valence-electron chi connectivity index (χ0n) is 52.3. The Kier molecular flexibility index (Phi) is 13.2. The lowest BCUT2D eigenvalue weighted by Gasteiger charge is -2.39. The molecule has 2 aromatic heterocycles. The summed E-state index contributed by atoms with van der Waals surface area (Å²) in [6.45, 7) is 18.8. The Labute approximate surface area is 518 Å². The van der Waals surface area contributed by atoms with Crippen molar-refractivity contribution in [1.82, 2.24) is 9.13 Å². The molecule has 4 nitrogen and oxygen atoms in total. The van der Waals surface area contributed by atoms with Crippen molar-refractivity contribution in [2.45, 2.75) is 130 Å². The van der Waals surface area contributed by atoms with Gasteiger partial charge < -0.3 is 18.9 Å². The van der Waals surface area contributed by atoms with Crippen LogP contribution in [0, 0.1) is 0 Å². The van der Waals surface area contributed by atoms with Crippen LogP contribution in [0.25, 0.3) is 87.3 Å². The smallest absolute Gasteiger partial charge is 0.0561 e. The van der Waals surface area contributed by atoms with Crippen molar-refractivity contribution in [3.63, 3.8) is 0 Å². The summed E-state index contributed by atoms with van der Waals surface area (Å²) in [5.41, 5.74) is 23.8. The van der Waals surface area contributed by atoms with E-state index < -0.39 is 0 Å². The van der Waals surface area contributed by atoms with Gasteiger partial charge in [-0.25, -0.2) is 0 Å². The summed E-state index contributed by atoms with van der Waals surface area (Å²) in [6.07, 6.45) is 6.15. The normalized spacial score (nSPS) is 15.4. The fraction of sp³-hybridized carbons (Fsp3) is 0.238. The number of hydrogen-bond donors (Lipinski definition) is 0. The van der Waals surface area contributed by atoms with Gasteiger partial charge in [-0.3, -0.25) is 0 Å². The molecule has 0 radical (unpaired) electrons. The molecule has 0 N–H and O–H groups in total. The standard InChI is InChI=1S/C84H78N4/c1-51(2)55-25-31-61(32-26-55)87-77-23-15-13-21-67(77)69-39-37-65(47-79(69)87)85(63-35-29-57-17-9-11-19-59(57)45-63)81-49-75(53(5)6)71-42-44-74-82(50-76(54(7)8)72-41-43-73(81)83(71)84(72)74)86(64-36-30-58-18-10-12-20-60(58)46-64)66-38-40-70-68-22-14-16-24-78(68)88(80(70)48-66)62-33-27-56(28-34-62)52(3)4/h9-28,31-34,37-44,47-54,63-64H,29-30,35-36,45-46H2,1-8H3. The Morgan fingerprint density at radius 1 is 0.318 bits per heavy atom. The molecular formula is C84H78N4. The van der Waals surface area contributed by atoms with Crippen LogP contribution in [0.3, 0.4) is 0 Å². The minimum atomic E-state index is 0.221. The summed E-state index contributed by atoms with van der Waals surface area (Å²) in [6, 6.07) is 85.6. The van der Waals surface area contributed by atoms with Crippen LogP contribution in [0.2, 0.25) is 0 Å². The van der Waals surface area contributed by atoms with E-state index >= 15 is 0 Å². The van der Waals surface area contributed by atoms with E-state index in [0.29, 0.717) is 11.8 Å². The molecule has 12 aromatic carbocycles. The molecule has 0 saturated carbocycles. The first-order chi connectivity index (χ1) is 42.9. The zero-order chi connectivity index (χ0) is 59.6. The van der Waals surface area contributed by atoms with E-state index in [2.05, 4.69) is 293 Å². The molecular weight excluding hydrogens is 1060 g/mol. The molecule has 434 valence electrons. The molecule has 0 amide bonds. The number of para-hydroxylation sites is 2. The van der Waals surface area contributed by atoms with E-state index in [1.54, 1.807) is 0 Å². The summed E-state index contributed by atoms with van der Waals surface area (Å²) in [7, 11) is 0. The summed E-state index contributed by atoms with van der Waals surface area (Å²) in [5.74, 6) is 1.47. The fourth-order valence-electron chi connectivity index (χ4n) is 16.0. The molecule has 0 aliphatic heterocycles. The first-order valence-electron chi connectivity index (χ1n) is 32.7. The van der Waals surface area contributed by atoms with E-state index in [1.165, 1.54) is 155 Å². The number of aryl methyl sites for hydroxylation is 2. The highest BCUT2D eigenvalue weighted by atomic mass is 15.2. The summed E-state index contributed by atoms with van der Waals surface area (Å²) >= 11 is 0. The molecule has 14 aromatic rings. The average Bonchev–Trinajstić information content (AvgIpc) is 0.857. The number of benzene rings is 12. The Morgan fingerprint density at radius 2 is 0.670 bits per heavy atom. The molecule has 4 heteroatoms. The maximum absolute atomic E-state index is 2.80. The zero-order valence-corrected chi connectivity index (χ0v) is 52.3. The highest BCUT2D eigenvalue weighted by Crippen LogP contribution is 2.52. The van der Waals surface area contributed by atoms with Gasteiger partial charge in [0.05, 0.1) is 22.1 Å². The maximum Gasteiger partial charge on any atom is 0.0561 e. The van der Waals surface area contributed by atoms with Gasteiger partial charge in [0.25, 0.3) is 0 Å². The van der Waals surface area contributed by atoms with Crippen LogP contribution in [-0.4, -0.2) is 21.2 Å². The SMILES string of the molecule is CC(C)c1ccc(-n2c3ccccc3c3ccc(N(c4cc(C(C)C)c5ccc6c(N(c7ccc8c9ccccc9n(-c9ccc(C(C)C)cc9)c8c7)C7CCc8ccccc8C7)cc(C(C)C)c7ccc4c5c76)C4CCc5ccccc5C4)cc32)cc1. The molecule has 2 aliphatic rings. The van der Waals surface area contributed by atoms with E-state index in [4.69, 9.17) is 0 Å². The van der Waals surface area contributed by atoms with Gasteiger partial charge in [-0.2, -0.15) is 0 Å². The highest BCUT2D eigenvalue weighted by Gasteiger charge is 2.33. The van der Waals surface area contributed by atoms with E-state index in [1.807, 2.05) is 0 Å². The maximum atomic E-state index is 2.80. The van der Waals surface area contributed by atoms with Crippen LogP contribution >= 0.6 is 0 Å². The highest BCUT2D eigenvalue weighted by molar-refractivity contribution is 6.29. The molecule has 0 spiro atoms. The van der Waals surface area contributed by atoms with Gasteiger partial charge >= 0.3 is 0 Å².